The summed E-state index contributed by atoms with van der Waals surface area (Å²) in [6.45, 7) is 0.477. The van der Waals surface area contributed by atoms with Crippen molar-refractivity contribution in [1.29, 1.82) is 0 Å². The lowest BCUT2D eigenvalue weighted by molar-refractivity contribution is -0.134. The SMILES string of the molecule is O=C(COc1ccc(Cl)cc1)N1CCCC1c1nc2cc(-c3ccc(F)cc3F)ccc2o1. The molecule has 1 aliphatic rings. The predicted octanol–water partition coefficient (Wildman–Crippen LogP) is 6.17. The summed E-state index contributed by atoms with van der Waals surface area (Å²) in [5, 5.41) is 0.592. The number of halogens is 3. The van der Waals surface area contributed by atoms with Gasteiger partial charge in [0, 0.05) is 23.2 Å². The molecule has 1 saturated heterocycles. The number of rotatable bonds is 5. The van der Waals surface area contributed by atoms with Gasteiger partial charge in [0.05, 0.1) is 0 Å². The molecule has 0 spiro atoms. The zero-order chi connectivity index (χ0) is 22.9. The van der Waals surface area contributed by atoms with Gasteiger partial charge in [-0.25, -0.2) is 13.8 Å². The summed E-state index contributed by atoms with van der Waals surface area (Å²) in [7, 11) is 0. The largest absolute Gasteiger partial charge is 0.484 e. The Morgan fingerprint density at radius 1 is 1.12 bits per heavy atom. The highest BCUT2D eigenvalue weighted by atomic mass is 35.5. The molecule has 4 aromatic rings. The van der Waals surface area contributed by atoms with Crippen LogP contribution in [-0.4, -0.2) is 28.9 Å². The van der Waals surface area contributed by atoms with Crippen molar-refractivity contribution in [3.8, 4) is 16.9 Å². The van der Waals surface area contributed by atoms with Crippen LogP contribution in [0.25, 0.3) is 22.2 Å². The fraction of sp³-hybridized carbons (Fsp3) is 0.200. The number of fused-ring (bicyclic) bond motifs is 1. The van der Waals surface area contributed by atoms with Gasteiger partial charge in [-0.05, 0) is 66.9 Å². The Labute approximate surface area is 193 Å². The molecule has 1 aromatic heterocycles. The van der Waals surface area contributed by atoms with Crippen LogP contribution in [0, 0.1) is 11.6 Å². The fourth-order valence-electron chi connectivity index (χ4n) is 4.06. The van der Waals surface area contributed by atoms with Gasteiger partial charge in [-0.2, -0.15) is 0 Å². The average molecular weight is 469 g/mol. The molecule has 0 bridgehead atoms. The van der Waals surface area contributed by atoms with Crippen molar-refractivity contribution in [2.75, 3.05) is 13.2 Å². The molecule has 1 amide bonds. The third kappa shape index (κ3) is 4.41. The molecule has 0 N–H and O–H groups in total. The topological polar surface area (TPSA) is 55.6 Å². The minimum Gasteiger partial charge on any atom is -0.484 e. The minimum atomic E-state index is -0.647. The number of hydrogen-bond donors (Lipinski definition) is 0. The molecule has 1 fully saturated rings. The summed E-state index contributed by atoms with van der Waals surface area (Å²) < 4.78 is 39.0. The number of carbonyl (C=O) groups excluding carboxylic acids is 1. The minimum absolute atomic E-state index is 0.105. The van der Waals surface area contributed by atoms with Gasteiger partial charge >= 0.3 is 0 Å². The van der Waals surface area contributed by atoms with Crippen molar-refractivity contribution in [1.82, 2.24) is 9.88 Å². The first kappa shape index (κ1) is 21.4. The zero-order valence-corrected chi connectivity index (χ0v) is 18.2. The molecule has 0 radical (unpaired) electrons. The molecule has 0 saturated carbocycles. The molecular formula is C25H19ClF2N2O3. The van der Waals surface area contributed by atoms with E-state index in [4.69, 9.17) is 20.8 Å². The molecule has 0 aliphatic carbocycles. The molecule has 3 aromatic carbocycles. The van der Waals surface area contributed by atoms with Crippen LogP contribution < -0.4 is 4.74 Å². The Bertz CT molecular complexity index is 1320. The van der Waals surface area contributed by atoms with Crippen molar-refractivity contribution in [3.63, 3.8) is 0 Å². The Morgan fingerprint density at radius 3 is 2.73 bits per heavy atom. The number of ether oxygens (including phenoxy) is 1. The molecule has 2 heterocycles. The van der Waals surface area contributed by atoms with E-state index in [1.165, 1.54) is 12.1 Å². The number of aromatic nitrogens is 1. The normalized spacial score (nSPS) is 15.8. The van der Waals surface area contributed by atoms with Gasteiger partial charge in [0.15, 0.2) is 12.2 Å². The maximum atomic E-state index is 14.2. The second kappa shape index (κ2) is 8.83. The quantitative estimate of drug-likeness (QED) is 0.351. The van der Waals surface area contributed by atoms with Crippen molar-refractivity contribution < 1.29 is 22.7 Å². The highest BCUT2D eigenvalue weighted by Gasteiger charge is 2.33. The Kier molecular flexibility index (Phi) is 5.72. The molecule has 33 heavy (non-hydrogen) atoms. The molecular weight excluding hydrogens is 450 g/mol. The zero-order valence-electron chi connectivity index (χ0n) is 17.4. The number of likely N-dealkylation sites (tertiary alicyclic amines) is 1. The van der Waals surface area contributed by atoms with Crippen LogP contribution >= 0.6 is 11.6 Å². The molecule has 1 aliphatic heterocycles. The average Bonchev–Trinajstić information content (AvgIpc) is 3.45. The number of amides is 1. The van der Waals surface area contributed by atoms with E-state index in [1.54, 1.807) is 47.4 Å². The Morgan fingerprint density at radius 2 is 1.94 bits per heavy atom. The summed E-state index contributed by atoms with van der Waals surface area (Å²) in [5.74, 6) is -0.452. The van der Waals surface area contributed by atoms with Crippen molar-refractivity contribution in [3.05, 3.63) is 83.2 Å². The van der Waals surface area contributed by atoms with Gasteiger partial charge in [0.2, 0.25) is 5.89 Å². The lowest BCUT2D eigenvalue weighted by Crippen LogP contribution is -2.34. The first-order valence-electron chi connectivity index (χ1n) is 10.5. The Hall–Kier alpha value is -3.45. The van der Waals surface area contributed by atoms with E-state index in [2.05, 4.69) is 4.98 Å². The lowest BCUT2D eigenvalue weighted by atomic mass is 10.0. The van der Waals surface area contributed by atoms with Gasteiger partial charge in [-0.15, -0.1) is 0 Å². The predicted molar refractivity (Wildman–Crippen MR) is 120 cm³/mol. The molecule has 5 rings (SSSR count). The summed E-state index contributed by atoms with van der Waals surface area (Å²) in [4.78, 5) is 19.1. The number of hydrogen-bond acceptors (Lipinski definition) is 4. The van der Waals surface area contributed by atoms with Crippen molar-refractivity contribution >= 4 is 28.6 Å². The summed E-state index contributed by atoms with van der Waals surface area (Å²) in [6, 6.07) is 15.1. The standard InChI is InChI=1S/C25H19ClF2N2O3/c26-16-4-7-18(8-5-16)32-14-24(31)30-11-1-2-22(30)25-29-21-12-15(3-10-23(21)33-25)19-9-6-17(27)13-20(19)28/h3-10,12-13,22H,1-2,11,14H2. The van der Waals surface area contributed by atoms with Crippen LogP contribution in [0.5, 0.6) is 5.75 Å². The molecule has 1 unspecified atom stereocenters. The molecule has 168 valence electrons. The van der Waals surface area contributed by atoms with Crippen LogP contribution in [-0.2, 0) is 4.79 Å². The summed E-state index contributed by atoms with van der Waals surface area (Å²) in [6.07, 6.45) is 1.54. The molecule has 8 heteroatoms. The van der Waals surface area contributed by atoms with E-state index in [9.17, 15) is 13.6 Å². The second-order valence-corrected chi connectivity index (χ2v) is 8.28. The summed E-state index contributed by atoms with van der Waals surface area (Å²) >= 11 is 5.88. The van der Waals surface area contributed by atoms with E-state index >= 15 is 0 Å². The van der Waals surface area contributed by atoms with Crippen molar-refractivity contribution in [2.24, 2.45) is 0 Å². The molecule has 1 atom stereocenters. The maximum Gasteiger partial charge on any atom is 0.261 e. The first-order valence-corrected chi connectivity index (χ1v) is 10.9. The number of oxazole rings is 1. The van der Waals surface area contributed by atoms with Gasteiger partial charge in [0.25, 0.3) is 5.91 Å². The second-order valence-electron chi connectivity index (χ2n) is 7.85. The van der Waals surface area contributed by atoms with Crippen LogP contribution in [0.3, 0.4) is 0 Å². The van der Waals surface area contributed by atoms with E-state index in [1.807, 2.05) is 0 Å². The van der Waals surface area contributed by atoms with Gasteiger partial charge in [-0.3, -0.25) is 4.79 Å². The third-order valence-corrected chi connectivity index (χ3v) is 5.93. The number of nitrogens with zero attached hydrogens (tertiary/aromatic N) is 2. The van der Waals surface area contributed by atoms with Crippen LogP contribution in [0.1, 0.15) is 24.8 Å². The van der Waals surface area contributed by atoms with Gasteiger partial charge in [-0.1, -0.05) is 17.7 Å². The fourth-order valence-corrected chi connectivity index (χ4v) is 4.19. The van der Waals surface area contributed by atoms with Crippen LogP contribution in [0.4, 0.5) is 8.78 Å². The number of carbonyl (C=O) groups is 1. The van der Waals surface area contributed by atoms with Crippen LogP contribution in [0.2, 0.25) is 5.02 Å². The third-order valence-electron chi connectivity index (χ3n) is 5.68. The van der Waals surface area contributed by atoms with Crippen LogP contribution in [0.15, 0.2) is 65.1 Å². The van der Waals surface area contributed by atoms with E-state index in [0.29, 0.717) is 39.9 Å². The van der Waals surface area contributed by atoms with E-state index in [0.717, 1.165) is 18.9 Å². The number of benzene rings is 3. The molecule has 5 nitrogen and oxygen atoms in total. The van der Waals surface area contributed by atoms with Gasteiger partial charge in [0.1, 0.15) is 28.9 Å². The monoisotopic (exact) mass is 468 g/mol. The Balaban J connectivity index is 1.35. The maximum absolute atomic E-state index is 14.2. The lowest BCUT2D eigenvalue weighted by Gasteiger charge is -2.22. The van der Waals surface area contributed by atoms with Gasteiger partial charge < -0.3 is 14.1 Å². The highest BCUT2D eigenvalue weighted by molar-refractivity contribution is 6.30. The smallest absolute Gasteiger partial charge is 0.261 e. The van der Waals surface area contributed by atoms with E-state index < -0.39 is 11.6 Å². The van der Waals surface area contributed by atoms with Crippen molar-refractivity contribution in [2.45, 2.75) is 18.9 Å². The summed E-state index contributed by atoms with van der Waals surface area (Å²) in [5.41, 5.74) is 1.92. The van der Waals surface area contributed by atoms with E-state index in [-0.39, 0.29) is 24.1 Å². The first-order chi connectivity index (χ1) is 16.0. The highest BCUT2D eigenvalue weighted by Crippen LogP contribution is 2.35.